The van der Waals surface area contributed by atoms with Gasteiger partial charge in [0.05, 0.1) is 6.61 Å². The van der Waals surface area contributed by atoms with E-state index in [-0.39, 0.29) is 17.5 Å². The number of hydrogen-bond acceptors (Lipinski definition) is 4. The van der Waals surface area contributed by atoms with Gasteiger partial charge in [0.25, 0.3) is 0 Å². The maximum Gasteiger partial charge on any atom is 0.356 e. The molecule has 1 saturated carbocycles. The quantitative estimate of drug-likeness (QED) is 0.778. The molecule has 1 aromatic heterocycles. The van der Waals surface area contributed by atoms with Crippen LogP contribution in [-0.2, 0) is 9.53 Å². The number of hydrogen-bond donors (Lipinski definition) is 2. The number of aromatic amines is 1. The highest BCUT2D eigenvalue weighted by Crippen LogP contribution is 2.36. The average Bonchev–Trinajstić information content (AvgIpc) is 3.09. The number of carbonyl (C=O) groups is 2. The van der Waals surface area contributed by atoms with Crippen LogP contribution < -0.4 is 5.32 Å². The highest BCUT2D eigenvalue weighted by Gasteiger charge is 2.32. The molecule has 6 nitrogen and oxygen atoms in total. The standard InChI is InChI=1S/C12H17N3O3/c1-3-18-12(17)9-6-10(15-14-9)13-11(16)7(2)8-4-5-8/h6-8H,3-5H2,1-2H3,(H2,13,14,15,16)/t7-/m0/s1. The van der Waals surface area contributed by atoms with Gasteiger partial charge in [-0.1, -0.05) is 6.92 Å². The van der Waals surface area contributed by atoms with Crippen LogP contribution >= 0.6 is 0 Å². The van der Waals surface area contributed by atoms with Crippen molar-refractivity contribution in [2.75, 3.05) is 11.9 Å². The summed E-state index contributed by atoms with van der Waals surface area (Å²) in [6, 6.07) is 1.48. The van der Waals surface area contributed by atoms with Gasteiger partial charge < -0.3 is 10.1 Å². The lowest BCUT2D eigenvalue weighted by molar-refractivity contribution is -0.119. The predicted octanol–water partition coefficient (Wildman–Crippen LogP) is 1.57. The van der Waals surface area contributed by atoms with Gasteiger partial charge in [-0.2, -0.15) is 5.10 Å². The predicted molar refractivity (Wildman–Crippen MR) is 65.1 cm³/mol. The van der Waals surface area contributed by atoms with E-state index in [9.17, 15) is 9.59 Å². The maximum atomic E-state index is 11.8. The summed E-state index contributed by atoms with van der Waals surface area (Å²) in [6.07, 6.45) is 2.23. The number of esters is 1. The van der Waals surface area contributed by atoms with Crippen LogP contribution in [0.25, 0.3) is 0 Å². The number of amides is 1. The fourth-order valence-electron chi connectivity index (χ4n) is 1.75. The Hall–Kier alpha value is -1.85. The topological polar surface area (TPSA) is 84.1 Å². The summed E-state index contributed by atoms with van der Waals surface area (Å²) >= 11 is 0. The second-order valence-electron chi connectivity index (χ2n) is 4.50. The number of rotatable bonds is 5. The normalized spacial score (nSPS) is 16.1. The molecule has 18 heavy (non-hydrogen) atoms. The molecule has 0 radical (unpaired) electrons. The zero-order valence-corrected chi connectivity index (χ0v) is 10.5. The summed E-state index contributed by atoms with van der Waals surface area (Å²) < 4.78 is 4.82. The Morgan fingerprint density at radius 3 is 2.94 bits per heavy atom. The van der Waals surface area contributed by atoms with E-state index in [1.54, 1.807) is 6.92 Å². The summed E-state index contributed by atoms with van der Waals surface area (Å²) in [7, 11) is 0. The van der Waals surface area contributed by atoms with E-state index >= 15 is 0 Å². The molecule has 0 spiro atoms. The second-order valence-corrected chi connectivity index (χ2v) is 4.50. The Balaban J connectivity index is 1.93. The minimum atomic E-state index is -0.472. The molecule has 1 amide bonds. The zero-order valence-electron chi connectivity index (χ0n) is 10.5. The van der Waals surface area contributed by atoms with Crippen LogP contribution in [0.3, 0.4) is 0 Å². The van der Waals surface area contributed by atoms with Crippen LogP contribution in [0.2, 0.25) is 0 Å². The zero-order chi connectivity index (χ0) is 13.1. The fourth-order valence-corrected chi connectivity index (χ4v) is 1.75. The smallest absolute Gasteiger partial charge is 0.356 e. The van der Waals surface area contributed by atoms with E-state index < -0.39 is 5.97 Å². The molecule has 0 aromatic carbocycles. The monoisotopic (exact) mass is 251 g/mol. The van der Waals surface area contributed by atoms with Crippen LogP contribution in [0.4, 0.5) is 5.82 Å². The van der Waals surface area contributed by atoms with Crippen molar-refractivity contribution < 1.29 is 14.3 Å². The van der Waals surface area contributed by atoms with Crippen molar-refractivity contribution in [2.45, 2.75) is 26.7 Å². The number of nitrogens with zero attached hydrogens (tertiary/aromatic N) is 1. The third kappa shape index (κ3) is 2.88. The number of nitrogens with one attached hydrogen (secondary N) is 2. The number of carbonyl (C=O) groups excluding carboxylic acids is 2. The van der Waals surface area contributed by atoms with Gasteiger partial charge in [-0.25, -0.2) is 4.79 Å². The first-order valence-corrected chi connectivity index (χ1v) is 6.15. The average molecular weight is 251 g/mol. The molecule has 1 aliphatic carbocycles. The largest absolute Gasteiger partial charge is 0.461 e. The number of aromatic nitrogens is 2. The first kappa shape index (κ1) is 12.6. The van der Waals surface area contributed by atoms with Gasteiger partial charge in [-0.3, -0.25) is 9.89 Å². The minimum Gasteiger partial charge on any atom is -0.461 e. The molecule has 98 valence electrons. The lowest BCUT2D eigenvalue weighted by Gasteiger charge is -2.08. The van der Waals surface area contributed by atoms with E-state index in [0.29, 0.717) is 18.3 Å². The molecule has 0 unspecified atom stereocenters. The number of H-pyrrole nitrogens is 1. The van der Waals surface area contributed by atoms with Crippen molar-refractivity contribution in [2.24, 2.45) is 11.8 Å². The number of anilines is 1. The van der Waals surface area contributed by atoms with Gasteiger partial charge in [0, 0.05) is 12.0 Å². The Morgan fingerprint density at radius 2 is 2.33 bits per heavy atom. The third-order valence-corrected chi connectivity index (χ3v) is 3.07. The molecule has 2 rings (SSSR count). The van der Waals surface area contributed by atoms with E-state index in [1.165, 1.54) is 6.07 Å². The molecule has 1 fully saturated rings. The van der Waals surface area contributed by atoms with Crippen LogP contribution in [-0.4, -0.2) is 28.7 Å². The molecule has 1 heterocycles. The maximum absolute atomic E-state index is 11.8. The first-order valence-electron chi connectivity index (χ1n) is 6.15. The first-order chi connectivity index (χ1) is 8.61. The van der Waals surface area contributed by atoms with Crippen LogP contribution in [0.15, 0.2) is 6.07 Å². The highest BCUT2D eigenvalue weighted by molar-refractivity contribution is 5.94. The van der Waals surface area contributed by atoms with Gasteiger partial charge >= 0.3 is 5.97 Å². The van der Waals surface area contributed by atoms with E-state index in [2.05, 4.69) is 15.5 Å². The second kappa shape index (κ2) is 5.20. The summed E-state index contributed by atoms with van der Waals surface area (Å²) in [4.78, 5) is 23.2. The summed E-state index contributed by atoms with van der Waals surface area (Å²) in [5, 5.41) is 9.10. The third-order valence-electron chi connectivity index (χ3n) is 3.07. The van der Waals surface area contributed by atoms with Crippen molar-refractivity contribution in [3.63, 3.8) is 0 Å². The van der Waals surface area contributed by atoms with Gasteiger partial charge in [-0.05, 0) is 25.7 Å². The summed E-state index contributed by atoms with van der Waals surface area (Å²) in [5.41, 5.74) is 0.242. The van der Waals surface area contributed by atoms with Crippen molar-refractivity contribution in [3.8, 4) is 0 Å². The van der Waals surface area contributed by atoms with Crippen molar-refractivity contribution in [1.29, 1.82) is 0 Å². The Morgan fingerprint density at radius 1 is 1.61 bits per heavy atom. The molecule has 0 aliphatic heterocycles. The summed E-state index contributed by atoms with van der Waals surface area (Å²) in [6.45, 7) is 3.94. The van der Waals surface area contributed by atoms with Gasteiger partial charge in [0.15, 0.2) is 5.82 Å². The van der Waals surface area contributed by atoms with E-state index in [0.717, 1.165) is 12.8 Å². The molecular formula is C12H17N3O3. The summed E-state index contributed by atoms with van der Waals surface area (Å²) in [5.74, 6) is 0.317. The molecule has 0 saturated heterocycles. The Labute approximate surface area is 105 Å². The fraction of sp³-hybridized carbons (Fsp3) is 0.583. The Bertz CT molecular complexity index is 451. The van der Waals surface area contributed by atoms with Gasteiger partial charge in [0.1, 0.15) is 5.69 Å². The number of ether oxygens (including phenoxy) is 1. The van der Waals surface area contributed by atoms with Crippen molar-refractivity contribution in [1.82, 2.24) is 10.2 Å². The Kier molecular flexibility index (Phi) is 3.64. The SMILES string of the molecule is CCOC(=O)c1cc(NC(=O)[C@@H](C)C2CC2)n[nH]1. The highest BCUT2D eigenvalue weighted by atomic mass is 16.5. The molecule has 1 aromatic rings. The van der Waals surface area contributed by atoms with Crippen LogP contribution in [0, 0.1) is 11.8 Å². The van der Waals surface area contributed by atoms with Gasteiger partial charge in [-0.15, -0.1) is 0 Å². The van der Waals surface area contributed by atoms with Gasteiger partial charge in [0.2, 0.25) is 5.91 Å². The van der Waals surface area contributed by atoms with E-state index in [1.807, 2.05) is 6.92 Å². The molecule has 1 aliphatic rings. The minimum absolute atomic E-state index is 0.00672. The lowest BCUT2D eigenvalue weighted by Crippen LogP contribution is -2.21. The molecule has 1 atom stereocenters. The molecular weight excluding hydrogens is 234 g/mol. The van der Waals surface area contributed by atoms with Crippen LogP contribution in [0.5, 0.6) is 0 Å². The molecule has 2 N–H and O–H groups in total. The van der Waals surface area contributed by atoms with Crippen molar-refractivity contribution >= 4 is 17.7 Å². The van der Waals surface area contributed by atoms with Crippen molar-refractivity contribution in [3.05, 3.63) is 11.8 Å². The molecule has 6 heteroatoms. The lowest BCUT2D eigenvalue weighted by atomic mass is 10.1. The molecule has 0 bridgehead atoms. The van der Waals surface area contributed by atoms with E-state index in [4.69, 9.17) is 4.74 Å². The van der Waals surface area contributed by atoms with Crippen LogP contribution in [0.1, 0.15) is 37.2 Å².